The monoisotopic (exact) mass is 438 g/mol. The molecule has 0 amide bonds. The molecule has 0 aliphatic carbocycles. The molecule has 2 aromatic carbocycles. The summed E-state index contributed by atoms with van der Waals surface area (Å²) in [6, 6.07) is 11.4. The number of hydrogen-bond acceptors (Lipinski definition) is 6. The molecule has 1 atom stereocenters. The molecule has 6 nitrogen and oxygen atoms in total. The number of piperazine rings is 1. The molecule has 1 fully saturated rings. The van der Waals surface area contributed by atoms with Gasteiger partial charge in [-0.15, -0.1) is 0 Å². The minimum Gasteiger partial charge on any atom is -0.507 e. The Morgan fingerprint density at radius 1 is 1.06 bits per heavy atom. The molecule has 0 aromatic heterocycles. The number of carbonyl (C=O) groups excluding carboxylic acids is 1. The molecule has 6 heteroatoms. The molecular weight excluding hydrogens is 404 g/mol. The minimum atomic E-state index is -0.278. The lowest BCUT2D eigenvalue weighted by atomic mass is 10.0. The molecule has 0 bridgehead atoms. The number of aromatic hydroxyl groups is 1. The summed E-state index contributed by atoms with van der Waals surface area (Å²) in [6.45, 7) is 10.6. The highest BCUT2D eigenvalue weighted by Crippen LogP contribution is 2.36. The highest BCUT2D eigenvalue weighted by Gasteiger charge is 2.30. The summed E-state index contributed by atoms with van der Waals surface area (Å²) in [5.41, 5.74) is 3.21. The number of para-hydroxylation sites is 1. The Hall–Kier alpha value is -2.57. The molecule has 0 radical (unpaired) electrons. The zero-order chi connectivity index (χ0) is 22.5. The summed E-state index contributed by atoms with van der Waals surface area (Å²) in [5, 5.41) is 10.8. The molecule has 2 aliphatic heterocycles. The van der Waals surface area contributed by atoms with Gasteiger partial charge in [0.2, 0.25) is 0 Å². The molecule has 1 saturated heterocycles. The van der Waals surface area contributed by atoms with Crippen molar-refractivity contribution in [3.63, 3.8) is 0 Å². The van der Waals surface area contributed by atoms with Gasteiger partial charge in [0.25, 0.3) is 0 Å². The predicted octanol–water partition coefficient (Wildman–Crippen LogP) is 4.51. The van der Waals surface area contributed by atoms with Crippen molar-refractivity contribution < 1.29 is 19.4 Å². The minimum absolute atomic E-state index is 0.147. The Balaban J connectivity index is 1.39. The molecular formula is C26H34N2O4. The number of benzene rings is 2. The number of hydrogen-bond donors (Lipinski definition) is 1. The number of nitrogens with zero attached hydrogens (tertiary/aromatic N) is 2. The number of unbranched alkanes of at least 4 members (excludes halogenated alkanes) is 1. The van der Waals surface area contributed by atoms with Crippen LogP contribution >= 0.6 is 0 Å². The van der Waals surface area contributed by atoms with Gasteiger partial charge in [0.15, 0.2) is 0 Å². The average molecular weight is 439 g/mol. The predicted molar refractivity (Wildman–Crippen MR) is 124 cm³/mol. The highest BCUT2D eigenvalue weighted by atomic mass is 16.5. The van der Waals surface area contributed by atoms with Gasteiger partial charge < -0.3 is 19.5 Å². The van der Waals surface area contributed by atoms with Crippen molar-refractivity contribution in [1.82, 2.24) is 9.80 Å². The van der Waals surface area contributed by atoms with Gasteiger partial charge >= 0.3 is 5.97 Å². The Morgan fingerprint density at radius 3 is 2.56 bits per heavy atom. The van der Waals surface area contributed by atoms with Gasteiger partial charge in [0.05, 0.1) is 5.56 Å². The van der Waals surface area contributed by atoms with E-state index in [9.17, 15) is 9.90 Å². The van der Waals surface area contributed by atoms with Crippen molar-refractivity contribution in [3.05, 3.63) is 58.7 Å². The topological polar surface area (TPSA) is 62.2 Å². The first-order valence-electron chi connectivity index (χ1n) is 11.8. The number of cyclic esters (lactones) is 1. The number of esters is 1. The molecule has 0 saturated carbocycles. The molecule has 2 aliphatic rings. The second kappa shape index (κ2) is 10.4. The second-order valence-corrected chi connectivity index (χ2v) is 8.71. The van der Waals surface area contributed by atoms with Gasteiger partial charge in [0, 0.05) is 49.4 Å². The van der Waals surface area contributed by atoms with Gasteiger partial charge in [-0.1, -0.05) is 44.5 Å². The van der Waals surface area contributed by atoms with Crippen LogP contribution in [0.1, 0.15) is 66.3 Å². The fourth-order valence-electron chi connectivity index (χ4n) is 4.50. The second-order valence-electron chi connectivity index (χ2n) is 8.71. The van der Waals surface area contributed by atoms with Crippen molar-refractivity contribution in [2.75, 3.05) is 32.7 Å². The van der Waals surface area contributed by atoms with Crippen molar-refractivity contribution >= 4 is 5.97 Å². The Kier molecular flexibility index (Phi) is 7.33. The van der Waals surface area contributed by atoms with Gasteiger partial charge in [-0.2, -0.15) is 0 Å². The number of ether oxygens (including phenoxy) is 2. The number of phenols is 1. The maximum atomic E-state index is 12.3. The molecule has 2 aromatic rings. The molecule has 4 rings (SSSR count). The van der Waals surface area contributed by atoms with E-state index in [-0.39, 0.29) is 18.7 Å². The molecule has 1 N–H and O–H groups in total. The molecule has 32 heavy (non-hydrogen) atoms. The van der Waals surface area contributed by atoms with Crippen LogP contribution in [-0.2, 0) is 17.9 Å². The maximum absolute atomic E-state index is 12.3. The van der Waals surface area contributed by atoms with Crippen LogP contribution in [0.4, 0.5) is 0 Å². The summed E-state index contributed by atoms with van der Waals surface area (Å²) in [5.74, 6) is 0.627. The molecule has 1 unspecified atom stereocenters. The third-order valence-electron chi connectivity index (χ3n) is 6.56. The third kappa shape index (κ3) is 5.08. The summed E-state index contributed by atoms with van der Waals surface area (Å²) in [4.78, 5) is 17.1. The van der Waals surface area contributed by atoms with E-state index in [0.717, 1.165) is 75.2 Å². The van der Waals surface area contributed by atoms with E-state index in [1.54, 1.807) is 6.07 Å². The molecule has 0 spiro atoms. The lowest BCUT2D eigenvalue weighted by Gasteiger charge is -2.34. The van der Waals surface area contributed by atoms with E-state index >= 15 is 0 Å². The maximum Gasteiger partial charge on any atom is 0.339 e. The standard InChI is InChI=1S/C26H34N2O4/c1-3-5-9-24-22-11-10-21(16-23(22)26(30)32-24)31-18-20-8-6-7-19(25(20)29)17-28-14-12-27(4-2)13-15-28/h6-8,10-11,16,24,29H,3-5,9,12-15,17-18H2,1-2H3. The fourth-order valence-corrected chi connectivity index (χ4v) is 4.50. The molecule has 2 heterocycles. The van der Waals surface area contributed by atoms with Crippen LogP contribution in [0.3, 0.4) is 0 Å². The van der Waals surface area contributed by atoms with Crippen molar-refractivity contribution in [2.45, 2.75) is 52.4 Å². The summed E-state index contributed by atoms with van der Waals surface area (Å²) in [6.07, 6.45) is 2.80. The first-order valence-corrected chi connectivity index (χ1v) is 11.8. The van der Waals surface area contributed by atoms with Crippen LogP contribution in [0.15, 0.2) is 36.4 Å². The summed E-state index contributed by atoms with van der Waals surface area (Å²) < 4.78 is 11.5. The van der Waals surface area contributed by atoms with Crippen molar-refractivity contribution in [3.8, 4) is 11.5 Å². The van der Waals surface area contributed by atoms with Crippen LogP contribution in [0.25, 0.3) is 0 Å². The van der Waals surface area contributed by atoms with Gasteiger partial charge in [0.1, 0.15) is 24.2 Å². The Labute approximate surface area is 190 Å². The van der Waals surface area contributed by atoms with E-state index in [0.29, 0.717) is 17.1 Å². The van der Waals surface area contributed by atoms with Crippen molar-refractivity contribution in [2.24, 2.45) is 0 Å². The summed E-state index contributed by atoms with van der Waals surface area (Å²) in [7, 11) is 0. The lowest BCUT2D eigenvalue weighted by molar-refractivity contribution is 0.0364. The number of likely N-dealkylation sites (N-methyl/N-ethyl adjacent to an activating group) is 1. The third-order valence-corrected chi connectivity index (χ3v) is 6.56. The largest absolute Gasteiger partial charge is 0.507 e. The normalized spacial score (nSPS) is 19.1. The van der Waals surface area contributed by atoms with Gasteiger partial charge in [-0.25, -0.2) is 4.79 Å². The van der Waals surface area contributed by atoms with Crippen molar-refractivity contribution in [1.29, 1.82) is 0 Å². The quantitative estimate of drug-likeness (QED) is 0.581. The number of rotatable bonds is 9. The van der Waals surface area contributed by atoms with E-state index in [4.69, 9.17) is 9.47 Å². The van der Waals surface area contributed by atoms with Crippen LogP contribution in [0.5, 0.6) is 11.5 Å². The van der Waals surface area contributed by atoms with E-state index in [1.807, 2.05) is 30.3 Å². The van der Waals surface area contributed by atoms with Crippen LogP contribution in [0.2, 0.25) is 0 Å². The van der Waals surface area contributed by atoms with Crippen LogP contribution < -0.4 is 4.74 Å². The molecule has 172 valence electrons. The van der Waals surface area contributed by atoms with E-state index < -0.39 is 0 Å². The van der Waals surface area contributed by atoms with E-state index in [1.165, 1.54) is 0 Å². The van der Waals surface area contributed by atoms with Crippen LogP contribution in [0, 0.1) is 0 Å². The summed E-state index contributed by atoms with van der Waals surface area (Å²) >= 11 is 0. The van der Waals surface area contributed by atoms with Crippen LogP contribution in [-0.4, -0.2) is 53.6 Å². The number of phenolic OH excluding ortho intramolecular Hbond substituents is 1. The number of carbonyl (C=O) groups is 1. The lowest BCUT2D eigenvalue weighted by Crippen LogP contribution is -2.45. The van der Waals surface area contributed by atoms with E-state index in [2.05, 4.69) is 23.6 Å². The Bertz CT molecular complexity index is 937. The number of fused-ring (bicyclic) bond motifs is 1. The fraction of sp³-hybridized carbons (Fsp3) is 0.500. The van der Waals surface area contributed by atoms with Gasteiger partial charge in [-0.05, 0) is 31.5 Å². The highest BCUT2D eigenvalue weighted by molar-refractivity contribution is 5.94. The zero-order valence-electron chi connectivity index (χ0n) is 19.2. The first kappa shape index (κ1) is 22.6. The van der Waals surface area contributed by atoms with Gasteiger partial charge in [-0.3, -0.25) is 4.90 Å². The smallest absolute Gasteiger partial charge is 0.339 e. The first-order chi connectivity index (χ1) is 15.6. The zero-order valence-corrected chi connectivity index (χ0v) is 19.2. The average Bonchev–Trinajstić information content (AvgIpc) is 3.13. The Morgan fingerprint density at radius 2 is 1.81 bits per heavy atom. The SMILES string of the molecule is CCCCC1OC(=O)c2cc(OCc3cccc(CN4CCN(CC)CC4)c3O)ccc21.